The maximum Gasteiger partial charge on any atom is 0.264 e. The van der Waals surface area contributed by atoms with E-state index >= 15 is 0 Å². The van der Waals surface area contributed by atoms with Gasteiger partial charge >= 0.3 is 0 Å². The predicted octanol–water partition coefficient (Wildman–Crippen LogP) is 1.38. The molecule has 1 unspecified atom stereocenters. The summed E-state index contributed by atoms with van der Waals surface area (Å²) < 4.78 is 15.8. The summed E-state index contributed by atoms with van der Waals surface area (Å²) in [7, 11) is 0. The van der Waals surface area contributed by atoms with Crippen LogP contribution in [-0.2, 0) is 6.61 Å². The molecule has 2 aromatic rings. The van der Waals surface area contributed by atoms with Crippen LogP contribution in [0.2, 0.25) is 0 Å². The van der Waals surface area contributed by atoms with Crippen LogP contribution >= 0.6 is 0 Å². The largest absolute Gasteiger partial charge is 0.490 e. The normalized spacial score (nSPS) is 17.3. The summed E-state index contributed by atoms with van der Waals surface area (Å²) in [5.74, 6) is 2.29. The Morgan fingerprint density at radius 1 is 1.50 bits per heavy atom. The molecule has 1 N–H and O–H groups in total. The third-order valence-corrected chi connectivity index (χ3v) is 2.67. The van der Waals surface area contributed by atoms with Crippen molar-refractivity contribution in [2.75, 3.05) is 6.61 Å². The first kappa shape index (κ1) is 11.0. The predicted molar refractivity (Wildman–Crippen MR) is 60.3 cm³/mol. The molecule has 3 rings (SSSR count). The number of hydrogen-bond donors (Lipinski definition) is 1. The maximum atomic E-state index is 9.58. The average molecular weight is 248 g/mol. The van der Waals surface area contributed by atoms with Gasteiger partial charge in [-0.3, -0.25) is 0 Å². The summed E-state index contributed by atoms with van der Waals surface area (Å²) in [6.07, 6.45) is -0.548. The quantitative estimate of drug-likeness (QED) is 0.884. The third kappa shape index (κ3) is 2.02. The van der Waals surface area contributed by atoms with E-state index in [0.29, 0.717) is 29.8 Å². The first-order valence-electron chi connectivity index (χ1n) is 5.59. The van der Waals surface area contributed by atoms with Gasteiger partial charge in [0.2, 0.25) is 0 Å². The highest BCUT2D eigenvalue weighted by atomic mass is 16.5. The summed E-state index contributed by atoms with van der Waals surface area (Å²) >= 11 is 0. The van der Waals surface area contributed by atoms with E-state index in [2.05, 4.69) is 10.1 Å². The number of aryl methyl sites for hydroxylation is 1. The standard InChI is InChI=1S/C12H12N2O4/c1-7-13-12(18-14-7)6-16-8-2-3-9-10(15)5-17-11(9)4-8/h2-4,10,15H,5-6H2,1H3. The average Bonchev–Trinajstić information content (AvgIpc) is 2.94. The molecule has 1 aliphatic rings. The Morgan fingerprint density at radius 2 is 2.39 bits per heavy atom. The lowest BCUT2D eigenvalue weighted by atomic mass is 10.1. The van der Waals surface area contributed by atoms with Crippen molar-refractivity contribution in [3.63, 3.8) is 0 Å². The number of rotatable bonds is 3. The summed E-state index contributed by atoms with van der Waals surface area (Å²) in [6, 6.07) is 5.32. The number of aromatic nitrogens is 2. The molecule has 1 atom stereocenters. The molecule has 1 aromatic heterocycles. The van der Waals surface area contributed by atoms with Crippen molar-refractivity contribution in [1.82, 2.24) is 10.1 Å². The molecule has 0 saturated heterocycles. The molecule has 6 nitrogen and oxygen atoms in total. The lowest BCUT2D eigenvalue weighted by molar-refractivity contribution is 0.140. The number of hydrogen-bond acceptors (Lipinski definition) is 6. The fraction of sp³-hybridized carbons (Fsp3) is 0.333. The molecule has 6 heteroatoms. The van der Waals surface area contributed by atoms with E-state index in [4.69, 9.17) is 14.0 Å². The summed E-state index contributed by atoms with van der Waals surface area (Å²) in [5, 5.41) is 13.3. The molecule has 0 spiro atoms. The van der Waals surface area contributed by atoms with Crippen LogP contribution in [0.3, 0.4) is 0 Å². The van der Waals surface area contributed by atoms with Gasteiger partial charge in [-0.1, -0.05) is 5.16 Å². The number of benzene rings is 1. The van der Waals surface area contributed by atoms with Gasteiger partial charge in [-0.2, -0.15) is 4.98 Å². The van der Waals surface area contributed by atoms with E-state index in [-0.39, 0.29) is 6.61 Å². The monoisotopic (exact) mass is 248 g/mol. The molecule has 0 aliphatic carbocycles. The van der Waals surface area contributed by atoms with E-state index in [0.717, 1.165) is 5.56 Å². The minimum absolute atomic E-state index is 0.210. The Hall–Kier alpha value is -2.08. The fourth-order valence-corrected chi connectivity index (χ4v) is 1.81. The molecular weight excluding hydrogens is 236 g/mol. The highest BCUT2D eigenvalue weighted by molar-refractivity contribution is 5.44. The minimum atomic E-state index is -0.548. The molecule has 0 amide bonds. The highest BCUT2D eigenvalue weighted by Gasteiger charge is 2.22. The van der Waals surface area contributed by atoms with E-state index in [1.54, 1.807) is 25.1 Å². The van der Waals surface area contributed by atoms with Crippen LogP contribution in [0.25, 0.3) is 0 Å². The molecule has 1 aromatic carbocycles. The van der Waals surface area contributed by atoms with Crippen molar-refractivity contribution in [2.24, 2.45) is 0 Å². The molecule has 2 heterocycles. The fourth-order valence-electron chi connectivity index (χ4n) is 1.81. The van der Waals surface area contributed by atoms with Crippen molar-refractivity contribution in [3.8, 4) is 11.5 Å². The topological polar surface area (TPSA) is 77.6 Å². The van der Waals surface area contributed by atoms with Gasteiger partial charge in [0.25, 0.3) is 5.89 Å². The first-order chi connectivity index (χ1) is 8.72. The first-order valence-corrected chi connectivity index (χ1v) is 5.59. The molecule has 0 bridgehead atoms. The van der Waals surface area contributed by atoms with Gasteiger partial charge in [0.05, 0.1) is 0 Å². The molecule has 0 radical (unpaired) electrons. The minimum Gasteiger partial charge on any atom is -0.490 e. The lowest BCUT2D eigenvalue weighted by Gasteiger charge is -2.05. The second-order valence-corrected chi connectivity index (χ2v) is 4.05. The van der Waals surface area contributed by atoms with Crippen LogP contribution in [0, 0.1) is 6.92 Å². The van der Waals surface area contributed by atoms with Crippen LogP contribution in [-0.4, -0.2) is 21.9 Å². The maximum absolute atomic E-state index is 9.58. The molecular formula is C12H12N2O4. The van der Waals surface area contributed by atoms with Gasteiger partial charge in [-0.05, 0) is 19.1 Å². The Balaban J connectivity index is 1.70. The van der Waals surface area contributed by atoms with Crippen LogP contribution in [0.5, 0.6) is 11.5 Å². The Kier molecular flexibility index (Phi) is 2.64. The highest BCUT2D eigenvalue weighted by Crippen LogP contribution is 2.35. The SMILES string of the molecule is Cc1noc(COc2ccc3c(c2)OCC3O)n1. The van der Waals surface area contributed by atoms with Crippen molar-refractivity contribution >= 4 is 0 Å². The van der Waals surface area contributed by atoms with Gasteiger partial charge in [0.15, 0.2) is 12.4 Å². The molecule has 0 saturated carbocycles. The second-order valence-electron chi connectivity index (χ2n) is 4.05. The third-order valence-electron chi connectivity index (χ3n) is 2.67. The number of aliphatic hydroxyl groups excluding tert-OH is 1. The molecule has 94 valence electrons. The zero-order valence-electron chi connectivity index (χ0n) is 9.79. The van der Waals surface area contributed by atoms with E-state index < -0.39 is 6.10 Å². The van der Waals surface area contributed by atoms with Crippen LogP contribution in [0.15, 0.2) is 22.7 Å². The number of ether oxygens (including phenoxy) is 2. The summed E-state index contributed by atoms with van der Waals surface area (Å²) in [5.41, 5.74) is 0.788. The molecule has 0 fully saturated rings. The summed E-state index contributed by atoms with van der Waals surface area (Å²) in [6.45, 7) is 2.25. The van der Waals surface area contributed by atoms with Gasteiger partial charge in [0, 0.05) is 11.6 Å². The van der Waals surface area contributed by atoms with Crippen molar-refractivity contribution in [3.05, 3.63) is 35.5 Å². The van der Waals surface area contributed by atoms with Crippen molar-refractivity contribution < 1.29 is 19.1 Å². The number of fused-ring (bicyclic) bond motifs is 1. The molecule has 1 aliphatic heterocycles. The van der Waals surface area contributed by atoms with Gasteiger partial charge in [-0.15, -0.1) is 0 Å². The Bertz CT molecular complexity index is 567. The van der Waals surface area contributed by atoms with Gasteiger partial charge in [0.1, 0.15) is 24.2 Å². The molecule has 18 heavy (non-hydrogen) atoms. The van der Waals surface area contributed by atoms with E-state index in [1.807, 2.05) is 0 Å². The van der Waals surface area contributed by atoms with Crippen molar-refractivity contribution in [2.45, 2.75) is 19.6 Å². The smallest absolute Gasteiger partial charge is 0.264 e. The Morgan fingerprint density at radius 3 is 3.17 bits per heavy atom. The van der Waals surface area contributed by atoms with Crippen LogP contribution in [0.4, 0.5) is 0 Å². The van der Waals surface area contributed by atoms with E-state index in [9.17, 15) is 5.11 Å². The zero-order chi connectivity index (χ0) is 12.5. The lowest BCUT2D eigenvalue weighted by Crippen LogP contribution is -1.97. The Labute approximate surface area is 103 Å². The zero-order valence-corrected chi connectivity index (χ0v) is 9.79. The van der Waals surface area contributed by atoms with Crippen LogP contribution in [0.1, 0.15) is 23.4 Å². The second kappa shape index (κ2) is 4.30. The van der Waals surface area contributed by atoms with Gasteiger partial charge in [-0.25, -0.2) is 0 Å². The number of aliphatic hydroxyl groups is 1. The number of nitrogens with zero attached hydrogens (tertiary/aromatic N) is 2. The van der Waals surface area contributed by atoms with Gasteiger partial charge < -0.3 is 19.1 Å². The van der Waals surface area contributed by atoms with E-state index in [1.165, 1.54) is 0 Å². The van der Waals surface area contributed by atoms with Crippen LogP contribution < -0.4 is 9.47 Å². The summed E-state index contributed by atoms with van der Waals surface area (Å²) in [4.78, 5) is 4.04. The van der Waals surface area contributed by atoms with Crippen molar-refractivity contribution in [1.29, 1.82) is 0 Å².